The molecule has 0 fully saturated rings. The van der Waals surface area contributed by atoms with Crippen molar-refractivity contribution in [1.82, 2.24) is 0 Å². The highest BCUT2D eigenvalue weighted by molar-refractivity contribution is 7.88. The molecule has 0 unspecified atom stereocenters. The standard InChI is InChI=1S/C32H26F6O10S2/c33-31(34,35)49(39,40)47-25-15-7-13-23-29(25)30-24(14-8-16-26(30)48-50(41,42)32(36,37)38)46-28(20-44-18-22-11-5-2-6-12-22)27(45-23)19-43-17-21-9-3-1-4-10-21/h1-16,27-28H,17-20H2/t27-,28-/m1/s1. The molecule has 50 heavy (non-hydrogen) atoms. The molecule has 0 aliphatic carbocycles. The third-order valence-electron chi connectivity index (χ3n) is 6.95. The number of hydrogen-bond acceptors (Lipinski definition) is 10. The number of alkyl halides is 6. The van der Waals surface area contributed by atoms with Crippen LogP contribution < -0.4 is 17.8 Å². The lowest BCUT2D eigenvalue weighted by atomic mass is 10.00. The summed E-state index contributed by atoms with van der Waals surface area (Å²) in [4.78, 5) is 0. The van der Waals surface area contributed by atoms with Crippen LogP contribution in [0.4, 0.5) is 26.3 Å². The highest BCUT2D eigenvalue weighted by Gasteiger charge is 2.50. The number of halogens is 6. The highest BCUT2D eigenvalue weighted by atomic mass is 32.2. The van der Waals surface area contributed by atoms with Gasteiger partial charge in [-0.3, -0.25) is 0 Å². The average molecular weight is 749 g/mol. The predicted molar refractivity (Wildman–Crippen MR) is 164 cm³/mol. The fraction of sp³-hybridized carbons (Fsp3) is 0.250. The first-order valence-electron chi connectivity index (χ1n) is 14.4. The van der Waals surface area contributed by atoms with Gasteiger partial charge < -0.3 is 27.3 Å². The summed E-state index contributed by atoms with van der Waals surface area (Å²) in [5.74, 6) is -3.06. The van der Waals surface area contributed by atoms with Gasteiger partial charge in [0.05, 0.1) is 37.6 Å². The van der Waals surface area contributed by atoms with Gasteiger partial charge in [0, 0.05) is 0 Å². The lowest BCUT2D eigenvalue weighted by molar-refractivity contribution is -0.0555. The molecule has 18 heteroatoms. The van der Waals surface area contributed by atoms with E-state index in [1.165, 1.54) is 0 Å². The third kappa shape index (κ3) is 8.61. The van der Waals surface area contributed by atoms with Crippen LogP contribution in [0.2, 0.25) is 0 Å². The van der Waals surface area contributed by atoms with E-state index in [-0.39, 0.29) is 26.4 Å². The van der Waals surface area contributed by atoms with Gasteiger partial charge in [0.25, 0.3) is 0 Å². The average Bonchev–Trinajstić information content (AvgIpc) is 3.03. The maximum absolute atomic E-state index is 13.4. The van der Waals surface area contributed by atoms with Crippen molar-refractivity contribution in [3.05, 3.63) is 108 Å². The normalized spacial score (nSPS) is 16.5. The minimum atomic E-state index is -6.37. The molecule has 1 heterocycles. The summed E-state index contributed by atoms with van der Waals surface area (Å²) < 4.78 is 162. The van der Waals surface area contributed by atoms with E-state index in [1.54, 1.807) is 60.7 Å². The van der Waals surface area contributed by atoms with Gasteiger partial charge in [-0.2, -0.15) is 43.2 Å². The maximum atomic E-state index is 13.4. The Balaban J connectivity index is 1.62. The summed E-state index contributed by atoms with van der Waals surface area (Å²) in [7, 11) is -12.7. The molecule has 4 aromatic carbocycles. The molecule has 0 aromatic heterocycles. The summed E-state index contributed by atoms with van der Waals surface area (Å²) in [6.07, 6.45) is -2.33. The van der Waals surface area contributed by atoms with E-state index in [0.29, 0.717) is 0 Å². The molecule has 0 amide bonds. The Labute approximate surface area is 282 Å². The van der Waals surface area contributed by atoms with Crippen molar-refractivity contribution in [2.45, 2.75) is 36.4 Å². The summed E-state index contributed by atoms with van der Waals surface area (Å²) in [6, 6.07) is 23.7. The van der Waals surface area contributed by atoms with Crippen molar-refractivity contribution in [2.24, 2.45) is 0 Å². The van der Waals surface area contributed by atoms with Crippen molar-refractivity contribution >= 4 is 20.2 Å². The van der Waals surface area contributed by atoms with Crippen molar-refractivity contribution in [3.63, 3.8) is 0 Å². The molecule has 1 aliphatic rings. The van der Waals surface area contributed by atoms with Crippen LogP contribution in [-0.2, 0) is 42.9 Å². The van der Waals surface area contributed by atoms with Crippen LogP contribution in [0.25, 0.3) is 11.1 Å². The van der Waals surface area contributed by atoms with E-state index < -0.39 is 77.6 Å². The van der Waals surface area contributed by atoms with Gasteiger partial charge in [-0.1, -0.05) is 72.8 Å². The molecular weight excluding hydrogens is 722 g/mol. The first-order chi connectivity index (χ1) is 23.6. The van der Waals surface area contributed by atoms with E-state index in [4.69, 9.17) is 18.9 Å². The van der Waals surface area contributed by atoms with Gasteiger partial charge in [-0.05, 0) is 35.4 Å². The molecule has 4 aromatic rings. The molecule has 2 atom stereocenters. The highest BCUT2D eigenvalue weighted by Crippen LogP contribution is 2.51. The fourth-order valence-corrected chi connectivity index (χ4v) is 5.62. The monoisotopic (exact) mass is 748 g/mol. The zero-order valence-corrected chi connectivity index (χ0v) is 27.0. The molecule has 0 saturated carbocycles. The van der Waals surface area contributed by atoms with Crippen LogP contribution >= 0.6 is 0 Å². The third-order valence-corrected chi connectivity index (χ3v) is 8.88. The topological polar surface area (TPSA) is 124 Å². The van der Waals surface area contributed by atoms with E-state index >= 15 is 0 Å². The fourth-order valence-electron chi connectivity index (χ4n) is 4.68. The molecule has 268 valence electrons. The summed E-state index contributed by atoms with van der Waals surface area (Å²) >= 11 is 0. The lowest BCUT2D eigenvalue weighted by Gasteiger charge is -2.33. The molecule has 10 nitrogen and oxygen atoms in total. The second-order valence-electron chi connectivity index (χ2n) is 10.5. The van der Waals surface area contributed by atoms with Crippen LogP contribution in [0, 0.1) is 0 Å². The number of benzene rings is 4. The Bertz CT molecular complexity index is 1840. The Kier molecular flexibility index (Phi) is 10.8. The van der Waals surface area contributed by atoms with Gasteiger partial charge in [0.1, 0.15) is 11.5 Å². The SMILES string of the molecule is O=S(=O)(Oc1cccc2c1-c1c(cccc1OS(=O)(=O)C(F)(F)F)O[C@H](COCc1ccccc1)[C@@H](COCc1ccccc1)O2)C(F)(F)F. The van der Waals surface area contributed by atoms with Crippen molar-refractivity contribution < 1.29 is 70.5 Å². The number of hydrogen-bond donors (Lipinski definition) is 0. The number of fused-ring (bicyclic) bond motifs is 3. The van der Waals surface area contributed by atoms with Crippen molar-refractivity contribution in [2.75, 3.05) is 13.2 Å². The first-order valence-corrected chi connectivity index (χ1v) is 17.2. The van der Waals surface area contributed by atoms with Crippen molar-refractivity contribution in [1.29, 1.82) is 0 Å². The van der Waals surface area contributed by atoms with Gasteiger partial charge in [-0.25, -0.2) is 0 Å². The minimum Gasteiger partial charge on any atom is -0.483 e. The zero-order chi connectivity index (χ0) is 36.2. The second kappa shape index (κ2) is 14.8. The van der Waals surface area contributed by atoms with Crippen LogP contribution in [0.15, 0.2) is 97.1 Å². The zero-order valence-electron chi connectivity index (χ0n) is 25.4. The van der Waals surface area contributed by atoms with E-state index in [1.807, 2.05) is 0 Å². The molecule has 0 saturated heterocycles. The summed E-state index contributed by atoms with van der Waals surface area (Å²) in [5.41, 5.74) is -11.8. The molecule has 5 rings (SSSR count). The first kappa shape index (κ1) is 36.8. The van der Waals surface area contributed by atoms with Crippen LogP contribution in [0.5, 0.6) is 23.0 Å². The predicted octanol–water partition coefficient (Wildman–Crippen LogP) is 6.75. The van der Waals surface area contributed by atoms with Crippen LogP contribution in [0.3, 0.4) is 0 Å². The molecule has 1 aliphatic heterocycles. The Morgan fingerprint density at radius 3 is 1.22 bits per heavy atom. The van der Waals surface area contributed by atoms with E-state index in [0.717, 1.165) is 47.5 Å². The van der Waals surface area contributed by atoms with Crippen LogP contribution in [-0.4, -0.2) is 53.3 Å². The maximum Gasteiger partial charge on any atom is 0.534 e. The number of ether oxygens (including phenoxy) is 4. The molecule has 0 spiro atoms. The molecule has 0 N–H and O–H groups in total. The Hall–Kier alpha value is -4.52. The van der Waals surface area contributed by atoms with Crippen molar-refractivity contribution in [3.8, 4) is 34.1 Å². The molecular formula is C32H26F6O10S2. The summed E-state index contributed by atoms with van der Waals surface area (Å²) in [6.45, 7) is -0.370. The van der Waals surface area contributed by atoms with Gasteiger partial charge in [0.15, 0.2) is 23.7 Å². The Morgan fingerprint density at radius 2 is 0.880 bits per heavy atom. The second-order valence-corrected chi connectivity index (χ2v) is 13.6. The molecule has 0 radical (unpaired) electrons. The lowest BCUT2D eigenvalue weighted by Crippen LogP contribution is -2.44. The van der Waals surface area contributed by atoms with Gasteiger partial charge >= 0.3 is 31.3 Å². The van der Waals surface area contributed by atoms with Gasteiger partial charge in [0.2, 0.25) is 0 Å². The minimum absolute atomic E-state index is 0.0714. The smallest absolute Gasteiger partial charge is 0.483 e. The largest absolute Gasteiger partial charge is 0.534 e. The number of rotatable bonds is 12. The summed E-state index contributed by atoms with van der Waals surface area (Å²) in [5, 5.41) is 0. The van der Waals surface area contributed by atoms with E-state index in [2.05, 4.69) is 8.37 Å². The molecule has 0 bridgehead atoms. The van der Waals surface area contributed by atoms with Crippen LogP contribution in [0.1, 0.15) is 11.1 Å². The van der Waals surface area contributed by atoms with E-state index in [9.17, 15) is 43.2 Å². The van der Waals surface area contributed by atoms with Gasteiger partial charge in [-0.15, -0.1) is 0 Å². The quantitative estimate of drug-likeness (QED) is 0.0874. The Morgan fingerprint density at radius 1 is 0.520 bits per heavy atom.